The molecule has 0 spiro atoms. The fourth-order valence-electron chi connectivity index (χ4n) is 4.37. The number of amides is 1. The van der Waals surface area contributed by atoms with E-state index in [1.165, 1.54) is 29.8 Å². The van der Waals surface area contributed by atoms with Gasteiger partial charge in [-0.3, -0.25) is 4.79 Å². The molecule has 1 saturated heterocycles. The third-order valence-electron chi connectivity index (χ3n) is 6.31. The van der Waals surface area contributed by atoms with Crippen molar-refractivity contribution in [3.63, 3.8) is 0 Å². The van der Waals surface area contributed by atoms with Crippen LogP contribution in [0.2, 0.25) is 0 Å². The van der Waals surface area contributed by atoms with Gasteiger partial charge in [-0.05, 0) is 68.1 Å². The van der Waals surface area contributed by atoms with Crippen LogP contribution in [-0.2, 0) is 6.42 Å². The molecule has 37 heavy (non-hydrogen) atoms. The maximum atomic E-state index is 14.1. The summed E-state index contributed by atoms with van der Waals surface area (Å²) in [5.41, 5.74) is 2.38. The first-order valence-electron chi connectivity index (χ1n) is 12.2. The van der Waals surface area contributed by atoms with Gasteiger partial charge in [-0.2, -0.15) is 0 Å². The molecule has 2 aromatic heterocycles. The van der Waals surface area contributed by atoms with Crippen LogP contribution in [0.15, 0.2) is 48.8 Å². The van der Waals surface area contributed by atoms with Crippen molar-refractivity contribution in [3.05, 3.63) is 70.6 Å². The van der Waals surface area contributed by atoms with Crippen molar-refractivity contribution in [2.75, 3.05) is 25.0 Å². The van der Waals surface area contributed by atoms with Gasteiger partial charge in [0.1, 0.15) is 40.4 Å². The molecule has 192 valence electrons. The first-order valence-corrected chi connectivity index (χ1v) is 13.0. The van der Waals surface area contributed by atoms with E-state index in [4.69, 9.17) is 4.74 Å². The van der Waals surface area contributed by atoms with Crippen molar-refractivity contribution < 1.29 is 19.0 Å². The second kappa shape index (κ2) is 11.1. The summed E-state index contributed by atoms with van der Waals surface area (Å²) in [7, 11) is 0. The molecule has 1 amide bonds. The number of aromatic nitrogens is 2. The Bertz CT molecular complexity index is 1400. The number of aromatic hydroxyl groups is 1. The predicted octanol–water partition coefficient (Wildman–Crippen LogP) is 4.69. The number of hydrogen-bond acceptors (Lipinski definition) is 8. The number of phenols is 1. The fraction of sp³-hybridized carbons (Fsp3) is 0.296. The van der Waals surface area contributed by atoms with Gasteiger partial charge < -0.3 is 25.8 Å². The highest BCUT2D eigenvalue weighted by Gasteiger charge is 2.21. The molecule has 0 aliphatic carbocycles. The number of benzene rings is 2. The highest BCUT2D eigenvalue weighted by atomic mass is 32.1. The zero-order chi connectivity index (χ0) is 25.8. The van der Waals surface area contributed by atoms with Crippen molar-refractivity contribution in [2.45, 2.75) is 32.3 Å². The van der Waals surface area contributed by atoms with Crippen LogP contribution in [-0.4, -0.2) is 46.7 Å². The predicted molar refractivity (Wildman–Crippen MR) is 142 cm³/mol. The maximum absolute atomic E-state index is 14.1. The first kappa shape index (κ1) is 24.9. The van der Waals surface area contributed by atoms with Crippen LogP contribution in [0.1, 0.15) is 33.6 Å². The Kier molecular flexibility index (Phi) is 7.47. The molecule has 4 aromatic rings. The molecular weight excluding hydrogens is 493 g/mol. The molecular formula is C27H28FN5O3S. The van der Waals surface area contributed by atoms with Crippen LogP contribution in [0.3, 0.4) is 0 Å². The molecule has 1 unspecified atom stereocenters. The van der Waals surface area contributed by atoms with Crippen LogP contribution in [0.4, 0.5) is 15.9 Å². The standard InChI is InChI=1S/C27H28FN5O3S/c1-16-23-25(33-21-9-6-18(28)13-22(21)36-20-3-2-11-29-14-20)31-15-32-27(23)37-24(16)26(35)30-12-10-17-4-7-19(34)8-5-17/h4-9,13,15,20,29,34H,2-3,10-12,14H2,1H3,(H,30,35)(H,31,32,33). The lowest BCUT2D eigenvalue weighted by atomic mass is 10.1. The number of carbonyl (C=O) groups excluding carboxylic acids is 1. The topological polar surface area (TPSA) is 108 Å². The van der Waals surface area contributed by atoms with Crippen molar-refractivity contribution in [3.8, 4) is 11.5 Å². The van der Waals surface area contributed by atoms with Crippen LogP contribution >= 0.6 is 11.3 Å². The van der Waals surface area contributed by atoms with E-state index in [1.807, 2.05) is 19.1 Å². The van der Waals surface area contributed by atoms with E-state index >= 15 is 0 Å². The van der Waals surface area contributed by atoms with Crippen LogP contribution < -0.4 is 20.7 Å². The van der Waals surface area contributed by atoms with Gasteiger partial charge in [-0.25, -0.2) is 14.4 Å². The molecule has 10 heteroatoms. The van der Waals surface area contributed by atoms with Gasteiger partial charge >= 0.3 is 0 Å². The lowest BCUT2D eigenvalue weighted by Crippen LogP contribution is -2.37. The number of carbonyl (C=O) groups is 1. The number of ether oxygens (including phenoxy) is 1. The summed E-state index contributed by atoms with van der Waals surface area (Å²) in [6, 6.07) is 11.3. The second-order valence-corrected chi connectivity index (χ2v) is 9.98. The Morgan fingerprint density at radius 3 is 2.86 bits per heavy atom. The van der Waals surface area contributed by atoms with E-state index in [1.54, 1.807) is 18.2 Å². The number of halogens is 1. The summed E-state index contributed by atoms with van der Waals surface area (Å²) in [5, 5.41) is 19.7. The minimum absolute atomic E-state index is 0.0405. The molecule has 2 aromatic carbocycles. The number of aryl methyl sites for hydroxylation is 1. The second-order valence-electron chi connectivity index (χ2n) is 8.98. The molecule has 4 N–H and O–H groups in total. The SMILES string of the molecule is Cc1c(C(=O)NCCc2ccc(O)cc2)sc2ncnc(Nc3ccc(F)cc3OC3CCCNC3)c12. The Labute approximate surface area is 217 Å². The van der Waals surface area contributed by atoms with Crippen molar-refractivity contribution in [2.24, 2.45) is 0 Å². The summed E-state index contributed by atoms with van der Waals surface area (Å²) >= 11 is 1.30. The molecule has 1 aliphatic rings. The van der Waals surface area contributed by atoms with Crippen LogP contribution in [0.25, 0.3) is 10.2 Å². The Balaban J connectivity index is 1.34. The largest absolute Gasteiger partial charge is 0.508 e. The maximum Gasteiger partial charge on any atom is 0.261 e. The average Bonchev–Trinajstić information content (AvgIpc) is 3.25. The Morgan fingerprint density at radius 2 is 2.08 bits per heavy atom. The van der Waals surface area contributed by atoms with Gasteiger partial charge in [-0.1, -0.05) is 12.1 Å². The minimum atomic E-state index is -0.380. The monoisotopic (exact) mass is 521 g/mol. The van der Waals surface area contributed by atoms with Crippen molar-refractivity contribution in [1.82, 2.24) is 20.6 Å². The lowest BCUT2D eigenvalue weighted by Gasteiger charge is -2.25. The summed E-state index contributed by atoms with van der Waals surface area (Å²) in [6.07, 6.45) is 3.95. The fourth-order valence-corrected chi connectivity index (χ4v) is 5.44. The number of nitrogens with zero attached hydrogens (tertiary/aromatic N) is 2. The van der Waals surface area contributed by atoms with Crippen LogP contribution in [0, 0.1) is 12.7 Å². The Hall–Kier alpha value is -3.76. The normalized spacial score (nSPS) is 15.5. The van der Waals surface area contributed by atoms with E-state index in [9.17, 15) is 14.3 Å². The van der Waals surface area contributed by atoms with E-state index in [0.717, 1.165) is 35.9 Å². The van der Waals surface area contributed by atoms with E-state index < -0.39 is 0 Å². The molecule has 1 aliphatic heterocycles. The van der Waals surface area contributed by atoms with Crippen molar-refractivity contribution in [1.29, 1.82) is 0 Å². The van der Waals surface area contributed by atoms with Gasteiger partial charge in [-0.15, -0.1) is 11.3 Å². The number of thiophene rings is 1. The van der Waals surface area contributed by atoms with Gasteiger partial charge in [0.2, 0.25) is 0 Å². The number of phenolic OH excluding ortho intramolecular Hbond substituents is 1. The summed E-state index contributed by atoms with van der Waals surface area (Å²) in [6.45, 7) is 4.00. The van der Waals surface area contributed by atoms with E-state index in [-0.39, 0.29) is 23.6 Å². The van der Waals surface area contributed by atoms with E-state index in [0.29, 0.717) is 46.5 Å². The molecule has 0 saturated carbocycles. The summed E-state index contributed by atoms with van der Waals surface area (Å²) < 4.78 is 20.2. The lowest BCUT2D eigenvalue weighted by molar-refractivity contribution is 0.0957. The molecule has 5 rings (SSSR count). The number of anilines is 2. The third kappa shape index (κ3) is 5.81. The summed E-state index contributed by atoms with van der Waals surface area (Å²) in [4.78, 5) is 23.0. The van der Waals surface area contributed by atoms with Crippen LogP contribution in [0.5, 0.6) is 11.5 Å². The Morgan fingerprint density at radius 1 is 1.24 bits per heavy atom. The van der Waals surface area contributed by atoms with Gasteiger partial charge in [0.05, 0.1) is 16.0 Å². The number of nitrogens with one attached hydrogen (secondary N) is 3. The quantitative estimate of drug-likeness (QED) is 0.266. The minimum Gasteiger partial charge on any atom is -0.508 e. The summed E-state index contributed by atoms with van der Waals surface area (Å²) in [5.74, 6) is 0.598. The molecule has 0 bridgehead atoms. The number of fused-ring (bicyclic) bond motifs is 1. The van der Waals surface area contributed by atoms with E-state index in [2.05, 4.69) is 25.9 Å². The molecule has 0 radical (unpaired) electrons. The van der Waals surface area contributed by atoms with Gasteiger partial charge in [0, 0.05) is 19.2 Å². The molecule has 1 fully saturated rings. The van der Waals surface area contributed by atoms with Gasteiger partial charge in [0.25, 0.3) is 5.91 Å². The average molecular weight is 522 g/mol. The zero-order valence-electron chi connectivity index (χ0n) is 20.4. The van der Waals surface area contributed by atoms with Crippen molar-refractivity contribution >= 4 is 39.0 Å². The smallest absolute Gasteiger partial charge is 0.261 e. The number of hydrogen-bond donors (Lipinski definition) is 4. The number of piperidine rings is 1. The molecule has 1 atom stereocenters. The first-order chi connectivity index (χ1) is 18.0. The molecule has 3 heterocycles. The highest BCUT2D eigenvalue weighted by Crippen LogP contribution is 2.37. The third-order valence-corrected chi connectivity index (χ3v) is 7.51. The van der Waals surface area contributed by atoms with Gasteiger partial charge in [0.15, 0.2) is 0 Å². The highest BCUT2D eigenvalue weighted by molar-refractivity contribution is 7.20. The number of rotatable bonds is 8. The molecule has 8 nitrogen and oxygen atoms in total. The zero-order valence-corrected chi connectivity index (χ0v) is 21.2.